The highest BCUT2D eigenvalue weighted by Crippen LogP contribution is 2.29. The normalized spacial score (nSPS) is 18.1. The standard InChI is InChI=1S/C17H27NO4/c1-5-7-8-9-10-13-12(4)15(19)18(16(13)20)14(17(21)22)11(3)6-2/h11,14H,5-10H2,1-4H3,(H,21,22)/t11-,14+/m0/s1. The molecule has 1 N–H and O–H groups in total. The zero-order valence-electron chi connectivity index (χ0n) is 14.0. The van der Waals surface area contributed by atoms with E-state index in [1.54, 1.807) is 13.8 Å². The van der Waals surface area contributed by atoms with E-state index in [4.69, 9.17) is 0 Å². The number of unbranched alkanes of at least 4 members (excludes halogenated alkanes) is 3. The van der Waals surface area contributed by atoms with Gasteiger partial charge in [0.1, 0.15) is 6.04 Å². The molecule has 0 aromatic carbocycles. The molecule has 2 atom stereocenters. The lowest BCUT2D eigenvalue weighted by Crippen LogP contribution is -2.49. The molecule has 0 saturated heterocycles. The van der Waals surface area contributed by atoms with Crippen LogP contribution in [0.5, 0.6) is 0 Å². The lowest BCUT2D eigenvalue weighted by Gasteiger charge is -2.27. The lowest BCUT2D eigenvalue weighted by atomic mass is 9.97. The number of carboxylic acids is 1. The quantitative estimate of drug-likeness (QED) is 0.524. The largest absolute Gasteiger partial charge is 0.480 e. The van der Waals surface area contributed by atoms with Crippen molar-refractivity contribution in [3.63, 3.8) is 0 Å². The van der Waals surface area contributed by atoms with Crippen LogP contribution in [0.25, 0.3) is 0 Å². The van der Waals surface area contributed by atoms with E-state index in [2.05, 4.69) is 6.92 Å². The maximum Gasteiger partial charge on any atom is 0.327 e. The molecule has 0 unspecified atom stereocenters. The van der Waals surface area contributed by atoms with Gasteiger partial charge in [0.15, 0.2) is 0 Å². The number of carbonyl (C=O) groups excluding carboxylic acids is 2. The Balaban J connectivity index is 2.92. The molecule has 0 fully saturated rings. The fraction of sp³-hybridized carbons (Fsp3) is 0.706. The average Bonchev–Trinajstić information content (AvgIpc) is 2.68. The molecule has 1 aliphatic heterocycles. The Morgan fingerprint density at radius 2 is 1.77 bits per heavy atom. The third-order valence-corrected chi connectivity index (χ3v) is 4.46. The fourth-order valence-corrected chi connectivity index (χ4v) is 2.81. The zero-order valence-corrected chi connectivity index (χ0v) is 14.0. The minimum atomic E-state index is -1.11. The second kappa shape index (κ2) is 8.11. The van der Waals surface area contributed by atoms with E-state index in [0.717, 1.165) is 30.6 Å². The number of imide groups is 1. The van der Waals surface area contributed by atoms with Crippen LogP contribution in [0.1, 0.15) is 66.2 Å². The molecule has 0 bridgehead atoms. The second-order valence-electron chi connectivity index (χ2n) is 6.06. The number of carbonyl (C=O) groups is 3. The van der Waals surface area contributed by atoms with Crippen molar-refractivity contribution in [1.29, 1.82) is 0 Å². The van der Waals surface area contributed by atoms with Gasteiger partial charge < -0.3 is 5.11 Å². The van der Waals surface area contributed by atoms with Crippen molar-refractivity contribution in [2.24, 2.45) is 5.92 Å². The van der Waals surface area contributed by atoms with Gasteiger partial charge in [-0.1, -0.05) is 46.5 Å². The van der Waals surface area contributed by atoms with Gasteiger partial charge in [0.05, 0.1) is 0 Å². The van der Waals surface area contributed by atoms with Crippen LogP contribution >= 0.6 is 0 Å². The monoisotopic (exact) mass is 309 g/mol. The summed E-state index contributed by atoms with van der Waals surface area (Å²) in [5.41, 5.74) is 0.909. The van der Waals surface area contributed by atoms with Crippen LogP contribution in [0.2, 0.25) is 0 Å². The summed E-state index contributed by atoms with van der Waals surface area (Å²) in [6.45, 7) is 7.36. The molecule has 0 saturated carbocycles. The van der Waals surface area contributed by atoms with Crippen LogP contribution in [0, 0.1) is 5.92 Å². The molecule has 0 spiro atoms. The Bertz CT molecular complexity index is 481. The fourth-order valence-electron chi connectivity index (χ4n) is 2.81. The first kappa shape index (κ1) is 18.4. The summed E-state index contributed by atoms with van der Waals surface area (Å²) < 4.78 is 0. The SMILES string of the molecule is CCCCCCC1=C(C)C(=O)N([C@@H](C(=O)O)[C@@H](C)CC)C1=O. The molecule has 2 amide bonds. The molecule has 0 aromatic rings. The second-order valence-corrected chi connectivity index (χ2v) is 6.06. The van der Waals surface area contributed by atoms with Crippen LogP contribution in [0.4, 0.5) is 0 Å². The Morgan fingerprint density at radius 3 is 2.27 bits per heavy atom. The van der Waals surface area contributed by atoms with E-state index in [1.807, 2.05) is 6.92 Å². The van der Waals surface area contributed by atoms with Crippen molar-refractivity contribution in [2.45, 2.75) is 72.3 Å². The summed E-state index contributed by atoms with van der Waals surface area (Å²) in [5, 5.41) is 9.42. The third-order valence-electron chi connectivity index (χ3n) is 4.46. The summed E-state index contributed by atoms with van der Waals surface area (Å²) in [5.74, 6) is -2.23. The molecule has 0 aliphatic carbocycles. The first-order valence-corrected chi connectivity index (χ1v) is 8.17. The van der Waals surface area contributed by atoms with Crippen LogP contribution in [0.15, 0.2) is 11.1 Å². The molecule has 22 heavy (non-hydrogen) atoms. The highest BCUT2D eigenvalue weighted by atomic mass is 16.4. The number of carboxylic acid groups (broad SMARTS) is 1. The molecule has 5 heteroatoms. The zero-order chi connectivity index (χ0) is 16.9. The molecular formula is C17H27NO4. The molecule has 0 aromatic heterocycles. The van der Waals surface area contributed by atoms with Gasteiger partial charge in [-0.15, -0.1) is 0 Å². The minimum Gasteiger partial charge on any atom is -0.480 e. The van der Waals surface area contributed by atoms with Gasteiger partial charge in [0, 0.05) is 11.1 Å². The van der Waals surface area contributed by atoms with Gasteiger partial charge in [-0.25, -0.2) is 4.79 Å². The maximum atomic E-state index is 12.5. The summed E-state index contributed by atoms with van der Waals surface area (Å²) in [4.78, 5) is 37.4. The van der Waals surface area contributed by atoms with E-state index < -0.39 is 23.8 Å². The molecule has 0 radical (unpaired) electrons. The number of rotatable bonds is 9. The van der Waals surface area contributed by atoms with E-state index >= 15 is 0 Å². The van der Waals surface area contributed by atoms with Crippen molar-refractivity contribution in [3.8, 4) is 0 Å². The highest BCUT2D eigenvalue weighted by molar-refractivity contribution is 6.20. The first-order chi connectivity index (χ1) is 10.4. The van der Waals surface area contributed by atoms with Gasteiger partial charge in [-0.3, -0.25) is 14.5 Å². The van der Waals surface area contributed by atoms with Crippen molar-refractivity contribution in [3.05, 3.63) is 11.1 Å². The number of hydrogen-bond donors (Lipinski definition) is 1. The van der Waals surface area contributed by atoms with Crippen LogP contribution in [0.3, 0.4) is 0 Å². The Labute approximate surface area is 132 Å². The van der Waals surface area contributed by atoms with E-state index in [-0.39, 0.29) is 5.92 Å². The third kappa shape index (κ3) is 3.76. The average molecular weight is 309 g/mol. The smallest absolute Gasteiger partial charge is 0.327 e. The number of nitrogens with zero attached hydrogens (tertiary/aromatic N) is 1. The molecule has 1 heterocycles. The predicted octanol–water partition coefficient (Wildman–Crippen LogP) is 3.14. The Hall–Kier alpha value is -1.65. The van der Waals surface area contributed by atoms with Gasteiger partial charge in [-0.05, 0) is 25.7 Å². The molecule has 5 nitrogen and oxygen atoms in total. The van der Waals surface area contributed by atoms with E-state index in [1.165, 1.54) is 0 Å². The van der Waals surface area contributed by atoms with E-state index in [9.17, 15) is 19.5 Å². The predicted molar refractivity (Wildman–Crippen MR) is 84.2 cm³/mol. The summed E-state index contributed by atoms with van der Waals surface area (Å²) in [7, 11) is 0. The molecule has 1 rings (SSSR count). The van der Waals surface area contributed by atoms with Crippen molar-refractivity contribution < 1.29 is 19.5 Å². The summed E-state index contributed by atoms with van der Waals surface area (Å²) in [6, 6.07) is -1.08. The van der Waals surface area contributed by atoms with Gasteiger partial charge in [0.25, 0.3) is 11.8 Å². The number of hydrogen-bond acceptors (Lipinski definition) is 3. The Morgan fingerprint density at radius 1 is 1.14 bits per heavy atom. The lowest BCUT2D eigenvalue weighted by molar-refractivity contribution is -0.156. The van der Waals surface area contributed by atoms with Crippen molar-refractivity contribution >= 4 is 17.8 Å². The number of amides is 2. The first-order valence-electron chi connectivity index (χ1n) is 8.17. The minimum absolute atomic E-state index is 0.266. The summed E-state index contributed by atoms with van der Waals surface area (Å²) in [6.07, 6.45) is 5.23. The van der Waals surface area contributed by atoms with E-state index in [0.29, 0.717) is 24.0 Å². The van der Waals surface area contributed by atoms with Gasteiger partial charge in [0.2, 0.25) is 0 Å². The van der Waals surface area contributed by atoms with Gasteiger partial charge in [-0.2, -0.15) is 0 Å². The van der Waals surface area contributed by atoms with Gasteiger partial charge >= 0.3 is 5.97 Å². The topological polar surface area (TPSA) is 74.7 Å². The molecular weight excluding hydrogens is 282 g/mol. The Kier molecular flexibility index (Phi) is 6.78. The van der Waals surface area contributed by atoms with Crippen molar-refractivity contribution in [2.75, 3.05) is 0 Å². The molecule has 124 valence electrons. The number of aliphatic carboxylic acids is 1. The summed E-state index contributed by atoms with van der Waals surface area (Å²) >= 11 is 0. The van der Waals surface area contributed by atoms with Crippen LogP contribution in [-0.2, 0) is 14.4 Å². The molecule has 1 aliphatic rings. The van der Waals surface area contributed by atoms with Crippen molar-refractivity contribution in [1.82, 2.24) is 4.90 Å². The van der Waals surface area contributed by atoms with Crippen LogP contribution < -0.4 is 0 Å². The van der Waals surface area contributed by atoms with Crippen LogP contribution in [-0.4, -0.2) is 33.8 Å². The maximum absolute atomic E-state index is 12.5. The highest BCUT2D eigenvalue weighted by Gasteiger charge is 2.44.